The van der Waals surface area contributed by atoms with E-state index < -0.39 is 0 Å². The van der Waals surface area contributed by atoms with Gasteiger partial charge in [0.1, 0.15) is 0 Å². The van der Waals surface area contributed by atoms with Gasteiger partial charge in [0.05, 0.1) is 29.1 Å². The molecule has 35 heavy (non-hydrogen) atoms. The Bertz CT molecular complexity index is 982. The van der Waals surface area contributed by atoms with Crippen molar-refractivity contribution in [3.8, 4) is 22.8 Å². The summed E-state index contributed by atoms with van der Waals surface area (Å²) in [7, 11) is 0. The van der Waals surface area contributed by atoms with Gasteiger partial charge in [-0.3, -0.25) is 19.9 Å². The number of imidazole rings is 1. The van der Waals surface area contributed by atoms with Crippen LogP contribution in [0.1, 0.15) is 6.42 Å². The van der Waals surface area contributed by atoms with Crippen LogP contribution in [0.3, 0.4) is 0 Å². The molecule has 5 aromatic rings. The van der Waals surface area contributed by atoms with Gasteiger partial charge in [-0.2, -0.15) is 0 Å². The number of pyridine rings is 4. The van der Waals surface area contributed by atoms with Crippen LogP contribution in [0.15, 0.2) is 116 Å². The third-order valence-electron chi connectivity index (χ3n) is 4.36. The van der Waals surface area contributed by atoms with E-state index in [1.165, 1.54) is 0 Å². The Balaban J connectivity index is 0.000000258. The normalized spacial score (nSPS) is 9.17. The fourth-order valence-electron chi connectivity index (χ4n) is 2.75. The molecule has 0 saturated carbocycles. The molecule has 5 heterocycles. The summed E-state index contributed by atoms with van der Waals surface area (Å²) < 4.78 is 2.02. The zero-order valence-corrected chi connectivity index (χ0v) is 22.4. The molecule has 7 nitrogen and oxygen atoms in total. The molecule has 0 fully saturated rings. The molecule has 0 aromatic carbocycles. The maximum absolute atomic E-state index is 5.31. The van der Waals surface area contributed by atoms with Crippen molar-refractivity contribution < 1.29 is 32.2 Å². The van der Waals surface area contributed by atoms with Crippen LogP contribution in [-0.4, -0.2) is 36.0 Å². The van der Waals surface area contributed by atoms with E-state index in [-0.39, 0.29) is 32.2 Å². The first-order valence-electron chi connectivity index (χ1n) is 10.7. The number of hydrogen-bond acceptors (Lipinski definition) is 6. The molecule has 5 aromatic heterocycles. The molecule has 0 amide bonds. The number of halogens is 1. The largest absolute Gasteiger partial charge is 4.00 e. The first kappa shape index (κ1) is 29.7. The van der Waals surface area contributed by atoms with Gasteiger partial charge in [0.15, 0.2) is 0 Å². The maximum Gasteiger partial charge on any atom is 4.00 e. The second kappa shape index (κ2) is 18.1. The maximum atomic E-state index is 5.31. The van der Waals surface area contributed by atoms with Crippen LogP contribution in [0.4, 0.5) is 0 Å². The standard InChI is InChI=1S/2C10H8N2.C6H11N3.ClH.Os/c2*1-3-7-11-9(5-1)10-6-2-4-8-12-10;7-2-1-4-9-5-3-8-6-9;;/h2*1-8H;3,5-6H,1-2,4,7H2;1H;/q;;;;+4/p-1. The zero-order chi connectivity index (χ0) is 23.0. The number of aromatic nitrogens is 6. The number of hydrogen-bond donors (Lipinski definition) is 1. The summed E-state index contributed by atoms with van der Waals surface area (Å²) in [6.45, 7) is 1.73. The Morgan fingerprint density at radius 3 is 1.26 bits per heavy atom. The fourth-order valence-corrected chi connectivity index (χ4v) is 2.75. The van der Waals surface area contributed by atoms with Crippen LogP contribution in [0.2, 0.25) is 0 Å². The van der Waals surface area contributed by atoms with Gasteiger partial charge in [0.2, 0.25) is 0 Å². The SMILES string of the molecule is NCCCn1ccnc1.[Cl-].[Os+4].c1ccc(-c2ccccn2)nc1.c1ccc(-c2ccccn2)nc1. The van der Waals surface area contributed by atoms with E-state index in [0.717, 1.165) is 42.3 Å². The predicted octanol–water partition coefficient (Wildman–Crippen LogP) is 1.52. The van der Waals surface area contributed by atoms with Gasteiger partial charge in [-0.1, -0.05) is 24.3 Å². The van der Waals surface area contributed by atoms with E-state index in [4.69, 9.17) is 5.73 Å². The molecule has 0 atom stereocenters. The number of aryl methyl sites for hydroxylation is 1. The van der Waals surface area contributed by atoms with E-state index in [2.05, 4.69) is 24.9 Å². The summed E-state index contributed by atoms with van der Waals surface area (Å²) in [6, 6.07) is 23.2. The third-order valence-corrected chi connectivity index (χ3v) is 4.36. The van der Waals surface area contributed by atoms with Gasteiger partial charge >= 0.3 is 19.8 Å². The van der Waals surface area contributed by atoms with Crippen LogP contribution in [0.25, 0.3) is 22.8 Å². The summed E-state index contributed by atoms with van der Waals surface area (Å²) in [5.41, 5.74) is 8.97. The van der Waals surface area contributed by atoms with Gasteiger partial charge in [-0.25, -0.2) is 4.98 Å². The van der Waals surface area contributed by atoms with Crippen molar-refractivity contribution >= 4 is 0 Å². The molecule has 0 bridgehead atoms. The molecule has 0 unspecified atom stereocenters. The molecule has 0 saturated heterocycles. The minimum atomic E-state index is 0. The van der Waals surface area contributed by atoms with Crippen LogP contribution in [-0.2, 0) is 26.3 Å². The first-order chi connectivity index (χ1) is 16.4. The smallest absolute Gasteiger partial charge is 1.00 e. The van der Waals surface area contributed by atoms with Gasteiger partial charge in [-0.05, 0) is 61.5 Å². The Morgan fingerprint density at radius 1 is 0.600 bits per heavy atom. The molecule has 0 aliphatic heterocycles. The van der Waals surface area contributed by atoms with Crippen LogP contribution in [0.5, 0.6) is 0 Å². The van der Waals surface area contributed by atoms with Crippen molar-refractivity contribution in [1.29, 1.82) is 0 Å². The van der Waals surface area contributed by atoms with Gasteiger partial charge in [-0.15, -0.1) is 0 Å². The molecule has 0 aliphatic carbocycles. The van der Waals surface area contributed by atoms with Crippen LogP contribution >= 0.6 is 0 Å². The summed E-state index contributed by atoms with van der Waals surface area (Å²) in [4.78, 5) is 20.6. The molecule has 0 aliphatic rings. The molecule has 5 rings (SSSR count). The van der Waals surface area contributed by atoms with Crippen molar-refractivity contribution in [1.82, 2.24) is 29.5 Å². The van der Waals surface area contributed by atoms with Crippen molar-refractivity contribution in [2.75, 3.05) is 6.54 Å². The van der Waals surface area contributed by atoms with E-state index in [0.29, 0.717) is 0 Å². The second-order valence-corrected chi connectivity index (χ2v) is 6.80. The average Bonchev–Trinajstić information content (AvgIpc) is 3.44. The molecule has 0 spiro atoms. The molecule has 9 heteroatoms. The van der Waals surface area contributed by atoms with Crippen molar-refractivity contribution in [2.24, 2.45) is 5.73 Å². The van der Waals surface area contributed by atoms with Crippen molar-refractivity contribution in [3.63, 3.8) is 0 Å². The van der Waals surface area contributed by atoms with Gasteiger partial charge in [0, 0.05) is 43.7 Å². The number of nitrogens with two attached hydrogens (primary N) is 1. The predicted molar refractivity (Wildman–Crippen MR) is 131 cm³/mol. The van der Waals surface area contributed by atoms with Gasteiger partial charge < -0.3 is 22.7 Å². The monoisotopic (exact) mass is 664 g/mol. The third kappa shape index (κ3) is 11.1. The Kier molecular flexibility index (Phi) is 15.4. The Labute approximate surface area is 225 Å². The van der Waals surface area contributed by atoms with Gasteiger partial charge in [0.25, 0.3) is 0 Å². The zero-order valence-electron chi connectivity index (χ0n) is 19.1. The quantitative estimate of drug-likeness (QED) is 0.307. The first-order valence-corrected chi connectivity index (χ1v) is 10.7. The minimum absolute atomic E-state index is 0. The van der Waals surface area contributed by atoms with Crippen molar-refractivity contribution in [3.05, 3.63) is 116 Å². The number of rotatable bonds is 5. The van der Waals surface area contributed by atoms with E-state index in [1.807, 2.05) is 83.6 Å². The van der Waals surface area contributed by atoms with Crippen molar-refractivity contribution in [2.45, 2.75) is 13.0 Å². The van der Waals surface area contributed by atoms with Crippen LogP contribution < -0.4 is 18.1 Å². The minimum Gasteiger partial charge on any atom is -1.00 e. The summed E-state index contributed by atoms with van der Waals surface area (Å²) >= 11 is 0. The summed E-state index contributed by atoms with van der Waals surface area (Å²) in [5.74, 6) is 0. The molecule has 178 valence electrons. The molecular weight excluding hydrogens is 636 g/mol. The Hall–Kier alpha value is -3.30. The van der Waals surface area contributed by atoms with E-state index in [1.54, 1.807) is 37.3 Å². The summed E-state index contributed by atoms with van der Waals surface area (Å²) in [5, 5.41) is 0. The van der Waals surface area contributed by atoms with Crippen LogP contribution in [0, 0.1) is 0 Å². The summed E-state index contributed by atoms with van der Waals surface area (Å²) in [6.07, 6.45) is 13.6. The fraction of sp³-hybridized carbons (Fsp3) is 0.115. The topological polar surface area (TPSA) is 95.4 Å². The number of nitrogens with zero attached hydrogens (tertiary/aromatic N) is 6. The Morgan fingerprint density at radius 2 is 1.00 bits per heavy atom. The molecule has 2 N–H and O–H groups in total. The van der Waals surface area contributed by atoms with E-state index in [9.17, 15) is 0 Å². The van der Waals surface area contributed by atoms with E-state index >= 15 is 0 Å². The second-order valence-electron chi connectivity index (χ2n) is 6.80. The molecular formula is C26H27ClN7Os+3. The molecule has 0 radical (unpaired) electrons. The average molecular weight is 663 g/mol.